The molecule has 76 valence electrons. The van der Waals surface area contributed by atoms with Crippen molar-refractivity contribution in [2.45, 2.75) is 32.7 Å². The van der Waals surface area contributed by atoms with Gasteiger partial charge in [0, 0.05) is 13.6 Å². The lowest BCUT2D eigenvalue weighted by Gasteiger charge is -2.15. The van der Waals surface area contributed by atoms with Crippen molar-refractivity contribution in [1.29, 1.82) is 0 Å². The van der Waals surface area contributed by atoms with Crippen molar-refractivity contribution in [3.05, 3.63) is 0 Å². The van der Waals surface area contributed by atoms with Crippen LogP contribution in [0.1, 0.15) is 26.7 Å². The molecular formula is C9H18N2O2. The van der Waals surface area contributed by atoms with E-state index in [1.807, 2.05) is 13.8 Å². The molecule has 0 aromatic rings. The Labute approximate surface area is 79.1 Å². The second kappa shape index (κ2) is 5.70. The summed E-state index contributed by atoms with van der Waals surface area (Å²) in [7, 11) is 1.60. The first-order chi connectivity index (χ1) is 6.04. The van der Waals surface area contributed by atoms with Crippen LogP contribution in [-0.2, 0) is 9.59 Å². The highest BCUT2D eigenvalue weighted by molar-refractivity contribution is 6.37. The van der Waals surface area contributed by atoms with E-state index in [1.165, 1.54) is 4.90 Å². The van der Waals surface area contributed by atoms with Crippen molar-refractivity contribution in [2.24, 2.45) is 5.73 Å². The molecule has 1 unspecified atom stereocenters. The lowest BCUT2D eigenvalue weighted by Crippen LogP contribution is -2.43. The number of rotatable bonds is 5. The molecule has 1 amide bonds. The van der Waals surface area contributed by atoms with Crippen LogP contribution in [-0.4, -0.2) is 36.2 Å². The largest absolute Gasteiger partial charge is 0.339 e. The predicted octanol–water partition coefficient (Wildman–Crippen LogP) is 0.161. The summed E-state index contributed by atoms with van der Waals surface area (Å²) in [4.78, 5) is 24.0. The van der Waals surface area contributed by atoms with E-state index in [1.54, 1.807) is 7.05 Å². The third-order valence-corrected chi connectivity index (χ3v) is 1.97. The van der Waals surface area contributed by atoms with Gasteiger partial charge in [0.1, 0.15) is 0 Å². The van der Waals surface area contributed by atoms with Gasteiger partial charge in [-0.15, -0.1) is 0 Å². The summed E-state index contributed by atoms with van der Waals surface area (Å²) < 4.78 is 0. The summed E-state index contributed by atoms with van der Waals surface area (Å²) in [5.74, 6) is -0.963. The first kappa shape index (κ1) is 12.1. The Balaban J connectivity index is 4.17. The summed E-state index contributed by atoms with van der Waals surface area (Å²) in [6.07, 6.45) is 1.39. The second-order valence-corrected chi connectivity index (χ2v) is 3.08. The molecule has 4 nitrogen and oxygen atoms in total. The van der Waals surface area contributed by atoms with Crippen molar-refractivity contribution in [1.82, 2.24) is 4.90 Å². The fourth-order valence-electron chi connectivity index (χ4n) is 0.932. The molecule has 0 aliphatic carbocycles. The Kier molecular flexibility index (Phi) is 5.30. The van der Waals surface area contributed by atoms with Gasteiger partial charge in [0.05, 0.1) is 6.04 Å². The van der Waals surface area contributed by atoms with Crippen LogP contribution >= 0.6 is 0 Å². The molecule has 0 saturated carbocycles. The summed E-state index contributed by atoms with van der Waals surface area (Å²) in [6, 6.07) is -0.633. The zero-order chi connectivity index (χ0) is 10.4. The third-order valence-electron chi connectivity index (χ3n) is 1.97. The molecule has 0 aromatic heterocycles. The molecule has 0 radical (unpaired) electrons. The quantitative estimate of drug-likeness (QED) is 0.622. The molecule has 1 atom stereocenters. The predicted molar refractivity (Wildman–Crippen MR) is 51.2 cm³/mol. The van der Waals surface area contributed by atoms with Gasteiger partial charge in [0.15, 0.2) is 0 Å². The third kappa shape index (κ3) is 3.55. The molecule has 0 heterocycles. The van der Waals surface area contributed by atoms with Crippen molar-refractivity contribution in [3.8, 4) is 0 Å². The number of likely N-dealkylation sites (N-methyl/N-ethyl adjacent to an activating group) is 1. The highest BCUT2D eigenvalue weighted by Crippen LogP contribution is 1.97. The number of carbonyl (C=O) groups is 2. The van der Waals surface area contributed by atoms with Gasteiger partial charge in [0.25, 0.3) is 5.91 Å². The van der Waals surface area contributed by atoms with Gasteiger partial charge in [0.2, 0.25) is 5.78 Å². The fraction of sp³-hybridized carbons (Fsp3) is 0.778. The van der Waals surface area contributed by atoms with Crippen LogP contribution in [0.3, 0.4) is 0 Å². The van der Waals surface area contributed by atoms with E-state index in [0.29, 0.717) is 13.0 Å². The standard InChI is InChI=1S/C9H18N2O2/c1-4-6-7(10)8(12)9(13)11(3)5-2/h7H,4-6,10H2,1-3H3. The summed E-state index contributed by atoms with van der Waals surface area (Å²) in [6.45, 7) is 4.28. The number of Topliss-reactive ketones (excluding diaryl/α,β-unsaturated/α-hetero) is 1. The van der Waals surface area contributed by atoms with E-state index < -0.39 is 17.7 Å². The molecule has 0 bridgehead atoms. The normalized spacial score (nSPS) is 12.3. The monoisotopic (exact) mass is 186 g/mol. The van der Waals surface area contributed by atoms with Gasteiger partial charge in [-0.3, -0.25) is 9.59 Å². The average Bonchev–Trinajstić information content (AvgIpc) is 2.14. The van der Waals surface area contributed by atoms with Gasteiger partial charge in [-0.2, -0.15) is 0 Å². The molecule has 2 N–H and O–H groups in total. The SMILES string of the molecule is CCCC(N)C(=O)C(=O)N(C)CC. The smallest absolute Gasteiger partial charge is 0.291 e. The highest BCUT2D eigenvalue weighted by Gasteiger charge is 2.23. The number of ketones is 1. The molecule has 0 spiro atoms. The number of hydrogen-bond acceptors (Lipinski definition) is 3. The van der Waals surface area contributed by atoms with Crippen molar-refractivity contribution in [3.63, 3.8) is 0 Å². The maximum atomic E-state index is 11.3. The Morgan fingerprint density at radius 2 is 1.92 bits per heavy atom. The average molecular weight is 186 g/mol. The van der Waals surface area contributed by atoms with E-state index in [2.05, 4.69) is 0 Å². The van der Waals surface area contributed by atoms with E-state index in [9.17, 15) is 9.59 Å². The van der Waals surface area contributed by atoms with Gasteiger partial charge in [-0.1, -0.05) is 13.3 Å². The summed E-state index contributed by atoms with van der Waals surface area (Å²) in [5, 5.41) is 0. The van der Waals surface area contributed by atoms with Crippen LogP contribution in [0.25, 0.3) is 0 Å². The van der Waals surface area contributed by atoms with Crippen LogP contribution in [0.2, 0.25) is 0 Å². The number of nitrogens with two attached hydrogens (primary N) is 1. The van der Waals surface area contributed by atoms with Crippen LogP contribution < -0.4 is 5.73 Å². The molecule has 13 heavy (non-hydrogen) atoms. The minimum Gasteiger partial charge on any atom is -0.339 e. The maximum absolute atomic E-state index is 11.3. The molecule has 0 aliphatic heterocycles. The molecule has 4 heteroatoms. The van der Waals surface area contributed by atoms with Gasteiger partial charge in [-0.05, 0) is 13.3 Å². The molecular weight excluding hydrogens is 168 g/mol. The Morgan fingerprint density at radius 1 is 1.38 bits per heavy atom. The van der Waals surface area contributed by atoms with Crippen LogP contribution in [0, 0.1) is 0 Å². The first-order valence-electron chi connectivity index (χ1n) is 4.59. The summed E-state index contributed by atoms with van der Waals surface area (Å²) >= 11 is 0. The molecule has 0 rings (SSSR count). The Morgan fingerprint density at radius 3 is 2.31 bits per heavy atom. The van der Waals surface area contributed by atoms with E-state index in [4.69, 9.17) is 5.73 Å². The minimum atomic E-state index is -0.633. The van der Waals surface area contributed by atoms with Gasteiger partial charge >= 0.3 is 0 Å². The first-order valence-corrected chi connectivity index (χ1v) is 4.59. The second-order valence-electron chi connectivity index (χ2n) is 3.08. The number of nitrogens with zero attached hydrogens (tertiary/aromatic N) is 1. The number of amides is 1. The van der Waals surface area contributed by atoms with Crippen molar-refractivity contribution < 1.29 is 9.59 Å². The van der Waals surface area contributed by atoms with E-state index >= 15 is 0 Å². The van der Waals surface area contributed by atoms with Crippen molar-refractivity contribution in [2.75, 3.05) is 13.6 Å². The Hall–Kier alpha value is -0.900. The molecule has 0 aliphatic rings. The van der Waals surface area contributed by atoms with Gasteiger partial charge in [-0.25, -0.2) is 0 Å². The van der Waals surface area contributed by atoms with Crippen LogP contribution in [0.5, 0.6) is 0 Å². The van der Waals surface area contributed by atoms with Gasteiger partial charge < -0.3 is 10.6 Å². The van der Waals surface area contributed by atoms with Crippen LogP contribution in [0.4, 0.5) is 0 Å². The zero-order valence-corrected chi connectivity index (χ0v) is 8.54. The van der Waals surface area contributed by atoms with Crippen LogP contribution in [0.15, 0.2) is 0 Å². The summed E-state index contributed by atoms with van der Waals surface area (Å²) in [5.41, 5.74) is 5.52. The topological polar surface area (TPSA) is 63.4 Å². The number of carbonyl (C=O) groups excluding carboxylic acids is 2. The molecule has 0 fully saturated rings. The molecule has 0 saturated heterocycles. The highest BCUT2D eigenvalue weighted by atomic mass is 16.2. The fourth-order valence-corrected chi connectivity index (χ4v) is 0.932. The van der Waals surface area contributed by atoms with Crippen molar-refractivity contribution >= 4 is 11.7 Å². The Bertz CT molecular complexity index is 192. The lowest BCUT2D eigenvalue weighted by molar-refractivity contribution is -0.144. The van der Waals surface area contributed by atoms with E-state index in [-0.39, 0.29) is 0 Å². The minimum absolute atomic E-state index is 0.480. The lowest BCUT2D eigenvalue weighted by atomic mass is 10.1. The zero-order valence-electron chi connectivity index (χ0n) is 8.54. The molecule has 0 aromatic carbocycles. The maximum Gasteiger partial charge on any atom is 0.291 e. The number of hydrogen-bond donors (Lipinski definition) is 1. The van der Waals surface area contributed by atoms with E-state index in [0.717, 1.165) is 6.42 Å².